The molecule has 0 aromatic carbocycles. The van der Waals surface area contributed by atoms with Crippen LogP contribution in [0.2, 0.25) is 0 Å². The molecule has 0 heterocycles. The van der Waals surface area contributed by atoms with E-state index in [0.29, 0.717) is 0 Å². The Labute approximate surface area is 133 Å². The van der Waals surface area contributed by atoms with Crippen molar-refractivity contribution in [3.63, 3.8) is 0 Å². The van der Waals surface area contributed by atoms with Gasteiger partial charge in [-0.25, -0.2) is 0 Å². The van der Waals surface area contributed by atoms with Crippen molar-refractivity contribution < 1.29 is 0 Å². The molecule has 0 amide bonds. The van der Waals surface area contributed by atoms with Crippen LogP contribution in [0.4, 0.5) is 0 Å². The molecule has 3 aliphatic carbocycles. The number of hydrogen-bond acceptors (Lipinski definition) is 1. The van der Waals surface area contributed by atoms with Crippen LogP contribution in [0, 0.1) is 0 Å². The van der Waals surface area contributed by atoms with Crippen LogP contribution in [0.3, 0.4) is 0 Å². The Hall–Kier alpha value is -2.38. The van der Waals surface area contributed by atoms with Crippen LogP contribution in [0.25, 0.3) is 0 Å². The molecular formula is C21H21N. The molecule has 0 N–H and O–H groups in total. The molecule has 0 atom stereocenters. The number of hydrogen-bond donors (Lipinski definition) is 0. The molecule has 0 saturated heterocycles. The standard InChI is InChI=1S/C21H21N/c1-2-8-14-19(13-7-1)22(20-15-9-3-4-10-16-20)21-17-11-5-6-12-18-21/h1-21H. The fraction of sp³-hybridized carbons (Fsp3) is 0.143. The first-order chi connectivity index (χ1) is 10.9. The van der Waals surface area contributed by atoms with Gasteiger partial charge in [0.05, 0.1) is 0 Å². The highest BCUT2D eigenvalue weighted by atomic mass is 15.2. The van der Waals surface area contributed by atoms with Crippen LogP contribution in [0.1, 0.15) is 0 Å². The summed E-state index contributed by atoms with van der Waals surface area (Å²) in [5, 5.41) is 0. The largest absolute Gasteiger partial charge is 0.274 e. The van der Waals surface area contributed by atoms with Gasteiger partial charge in [0.15, 0.2) is 0 Å². The molecular weight excluding hydrogens is 266 g/mol. The second kappa shape index (κ2) is 7.58. The molecule has 0 fully saturated rings. The van der Waals surface area contributed by atoms with E-state index in [1.165, 1.54) is 0 Å². The molecule has 0 bridgehead atoms. The normalized spacial score (nSPS) is 21.7. The van der Waals surface area contributed by atoms with Gasteiger partial charge in [0, 0.05) is 18.1 Å². The second-order valence-electron chi connectivity index (χ2n) is 5.38. The van der Waals surface area contributed by atoms with Crippen molar-refractivity contribution in [3.05, 3.63) is 109 Å². The zero-order valence-corrected chi connectivity index (χ0v) is 12.6. The van der Waals surface area contributed by atoms with Gasteiger partial charge >= 0.3 is 0 Å². The van der Waals surface area contributed by atoms with Gasteiger partial charge in [-0.1, -0.05) is 109 Å². The molecule has 3 rings (SSSR count). The predicted octanol–water partition coefficient (Wildman–Crippen LogP) is 4.44. The van der Waals surface area contributed by atoms with Crippen LogP contribution in [0.15, 0.2) is 109 Å². The summed E-state index contributed by atoms with van der Waals surface area (Å²) in [7, 11) is 0. The van der Waals surface area contributed by atoms with Gasteiger partial charge in [-0.3, -0.25) is 4.90 Å². The zero-order valence-electron chi connectivity index (χ0n) is 12.6. The van der Waals surface area contributed by atoms with Gasteiger partial charge in [-0.05, 0) is 0 Å². The maximum Gasteiger partial charge on any atom is 0.0485 e. The first-order valence-corrected chi connectivity index (χ1v) is 7.77. The molecule has 0 radical (unpaired) electrons. The van der Waals surface area contributed by atoms with E-state index in [-0.39, 0.29) is 18.1 Å². The topological polar surface area (TPSA) is 3.24 Å². The number of rotatable bonds is 3. The van der Waals surface area contributed by atoms with Gasteiger partial charge < -0.3 is 0 Å². The molecule has 0 saturated carbocycles. The molecule has 1 heteroatoms. The Balaban J connectivity index is 1.94. The molecule has 0 spiro atoms. The summed E-state index contributed by atoms with van der Waals surface area (Å²) in [4.78, 5) is 2.50. The van der Waals surface area contributed by atoms with Gasteiger partial charge in [0.1, 0.15) is 0 Å². The monoisotopic (exact) mass is 287 g/mol. The van der Waals surface area contributed by atoms with Crippen LogP contribution in [0.5, 0.6) is 0 Å². The summed E-state index contributed by atoms with van der Waals surface area (Å²) in [5.74, 6) is 0. The highest BCUT2D eigenvalue weighted by Crippen LogP contribution is 2.21. The van der Waals surface area contributed by atoms with Crippen LogP contribution >= 0.6 is 0 Å². The van der Waals surface area contributed by atoms with Gasteiger partial charge in [-0.15, -0.1) is 0 Å². The maximum absolute atomic E-state index is 2.50. The number of allylic oxidation sites excluding steroid dienone is 12. The fourth-order valence-corrected chi connectivity index (χ4v) is 2.84. The van der Waals surface area contributed by atoms with E-state index in [4.69, 9.17) is 0 Å². The molecule has 110 valence electrons. The van der Waals surface area contributed by atoms with E-state index in [1.54, 1.807) is 0 Å². The van der Waals surface area contributed by atoms with Gasteiger partial charge in [-0.2, -0.15) is 0 Å². The Kier molecular flexibility index (Phi) is 5.01. The first kappa shape index (κ1) is 14.6. The van der Waals surface area contributed by atoms with Crippen molar-refractivity contribution in [1.29, 1.82) is 0 Å². The third-order valence-corrected chi connectivity index (χ3v) is 3.88. The van der Waals surface area contributed by atoms with Crippen molar-refractivity contribution in [2.75, 3.05) is 0 Å². The first-order valence-electron chi connectivity index (χ1n) is 7.77. The lowest BCUT2D eigenvalue weighted by Gasteiger charge is -2.36. The minimum absolute atomic E-state index is 0.254. The molecule has 0 aromatic heterocycles. The van der Waals surface area contributed by atoms with Gasteiger partial charge in [0.25, 0.3) is 0 Å². The third-order valence-electron chi connectivity index (χ3n) is 3.88. The van der Waals surface area contributed by atoms with Gasteiger partial charge in [0.2, 0.25) is 0 Å². The molecule has 3 aliphatic rings. The Bertz CT molecular complexity index is 496. The average Bonchev–Trinajstić information content (AvgIpc) is 3.04. The predicted molar refractivity (Wildman–Crippen MR) is 95.5 cm³/mol. The molecule has 0 aromatic rings. The zero-order chi connectivity index (χ0) is 15.0. The SMILES string of the molecule is C1=CC=CC(N(C2C=CC=CC=C2)C2C=CC=CC=C2)C=C1. The van der Waals surface area contributed by atoms with Crippen molar-refractivity contribution in [1.82, 2.24) is 4.90 Å². The van der Waals surface area contributed by atoms with Crippen molar-refractivity contribution in [2.45, 2.75) is 18.1 Å². The van der Waals surface area contributed by atoms with E-state index in [9.17, 15) is 0 Å². The van der Waals surface area contributed by atoms with E-state index >= 15 is 0 Å². The fourth-order valence-electron chi connectivity index (χ4n) is 2.84. The second-order valence-corrected chi connectivity index (χ2v) is 5.38. The summed E-state index contributed by atoms with van der Waals surface area (Å²) in [6.45, 7) is 0. The third kappa shape index (κ3) is 3.63. The van der Waals surface area contributed by atoms with Crippen LogP contribution in [-0.4, -0.2) is 23.0 Å². The van der Waals surface area contributed by atoms with Crippen molar-refractivity contribution in [2.24, 2.45) is 0 Å². The molecule has 22 heavy (non-hydrogen) atoms. The minimum atomic E-state index is 0.254. The van der Waals surface area contributed by atoms with Crippen LogP contribution in [-0.2, 0) is 0 Å². The van der Waals surface area contributed by atoms with Crippen molar-refractivity contribution >= 4 is 0 Å². The maximum atomic E-state index is 2.50. The van der Waals surface area contributed by atoms with E-state index in [0.717, 1.165) is 0 Å². The Morgan fingerprint density at radius 1 is 0.318 bits per heavy atom. The molecule has 1 nitrogen and oxygen atoms in total. The lowest BCUT2D eigenvalue weighted by Crippen LogP contribution is -2.45. The molecule has 0 unspecified atom stereocenters. The smallest absolute Gasteiger partial charge is 0.0485 e. The number of nitrogens with zero attached hydrogens (tertiary/aromatic N) is 1. The summed E-state index contributed by atoms with van der Waals surface area (Å²) in [6.07, 6.45) is 38.7. The molecule has 0 aliphatic heterocycles. The highest BCUT2D eigenvalue weighted by Gasteiger charge is 2.25. The van der Waals surface area contributed by atoms with E-state index < -0.39 is 0 Å². The van der Waals surface area contributed by atoms with Crippen molar-refractivity contribution in [3.8, 4) is 0 Å². The Morgan fingerprint density at radius 2 is 0.545 bits per heavy atom. The summed E-state index contributed by atoms with van der Waals surface area (Å²) >= 11 is 0. The summed E-state index contributed by atoms with van der Waals surface area (Å²) < 4.78 is 0. The van der Waals surface area contributed by atoms with E-state index in [1.807, 2.05) is 0 Å². The summed E-state index contributed by atoms with van der Waals surface area (Å²) in [6, 6.07) is 0.763. The quantitative estimate of drug-likeness (QED) is 0.741. The average molecular weight is 287 g/mol. The lowest BCUT2D eigenvalue weighted by molar-refractivity contribution is 0.229. The summed E-state index contributed by atoms with van der Waals surface area (Å²) in [5.41, 5.74) is 0. The minimum Gasteiger partial charge on any atom is -0.274 e. The Morgan fingerprint density at radius 3 is 0.773 bits per heavy atom. The lowest BCUT2D eigenvalue weighted by atomic mass is 10.0. The van der Waals surface area contributed by atoms with Crippen LogP contribution < -0.4 is 0 Å². The van der Waals surface area contributed by atoms with E-state index in [2.05, 4.69) is 114 Å². The highest BCUT2D eigenvalue weighted by molar-refractivity contribution is 5.31.